The summed E-state index contributed by atoms with van der Waals surface area (Å²) in [7, 11) is 0. The summed E-state index contributed by atoms with van der Waals surface area (Å²) >= 11 is -1.25. The number of allylic oxidation sites excluding steroid dienone is 4. The lowest BCUT2D eigenvalue weighted by Gasteiger charge is -2.19. The van der Waals surface area contributed by atoms with Gasteiger partial charge in [-0.05, 0) is 52.0 Å². The molecule has 0 heterocycles. The standard InChI is InChI=1S/C17H28N2OS/c1-5-6-7-15(12-13-18)16(11-10-14-8-9-14)19-21(20)17(2,3)4/h6-7,12-14,18H,5,8-11H2,1-4H3/b7-6-,15-12+,18-13?,19-16?. The lowest BCUT2D eigenvalue weighted by atomic mass is 10.0. The van der Waals surface area contributed by atoms with Gasteiger partial charge in [0.05, 0.1) is 5.71 Å². The smallest absolute Gasteiger partial charge is 0.144 e. The fourth-order valence-electron chi connectivity index (χ4n) is 1.81. The van der Waals surface area contributed by atoms with Crippen LogP contribution in [-0.2, 0) is 11.4 Å². The maximum atomic E-state index is 12.3. The normalized spacial score (nSPS) is 19.1. The van der Waals surface area contributed by atoms with Crippen molar-refractivity contribution in [1.29, 1.82) is 5.41 Å². The van der Waals surface area contributed by atoms with E-state index >= 15 is 0 Å². The summed E-state index contributed by atoms with van der Waals surface area (Å²) < 4.78 is 16.5. The Labute approximate surface area is 132 Å². The molecule has 0 amide bonds. The van der Waals surface area contributed by atoms with Gasteiger partial charge in [-0.15, -0.1) is 0 Å². The highest BCUT2D eigenvalue weighted by atomic mass is 32.2. The summed E-state index contributed by atoms with van der Waals surface area (Å²) in [4.78, 5) is 0. The van der Waals surface area contributed by atoms with Gasteiger partial charge in [0.1, 0.15) is 16.1 Å². The van der Waals surface area contributed by atoms with Crippen LogP contribution in [0.2, 0.25) is 0 Å². The third kappa shape index (κ3) is 7.09. The zero-order valence-corrected chi connectivity index (χ0v) is 14.5. The van der Waals surface area contributed by atoms with E-state index in [1.165, 1.54) is 19.1 Å². The molecular formula is C17H28N2OS. The van der Waals surface area contributed by atoms with Crippen LogP contribution in [-0.4, -0.2) is 21.2 Å². The minimum absolute atomic E-state index is 0.352. The largest absolute Gasteiger partial charge is 0.591 e. The molecule has 1 saturated carbocycles. The summed E-state index contributed by atoms with van der Waals surface area (Å²) in [5.74, 6) is 0.814. The number of nitrogens with zero attached hydrogens (tertiary/aromatic N) is 1. The van der Waals surface area contributed by atoms with Gasteiger partial charge in [-0.1, -0.05) is 36.3 Å². The second kappa shape index (κ2) is 8.54. The third-order valence-electron chi connectivity index (χ3n) is 3.33. The Bertz CT molecular complexity index is 429. The van der Waals surface area contributed by atoms with Crippen LogP contribution in [0.1, 0.15) is 59.8 Å². The average molecular weight is 308 g/mol. The van der Waals surface area contributed by atoms with Gasteiger partial charge in [0.15, 0.2) is 0 Å². The molecule has 1 unspecified atom stereocenters. The van der Waals surface area contributed by atoms with Crippen molar-refractivity contribution in [2.75, 3.05) is 0 Å². The number of hydrogen-bond acceptors (Lipinski definition) is 3. The molecule has 0 aliphatic heterocycles. The highest BCUT2D eigenvalue weighted by Crippen LogP contribution is 2.34. The molecule has 0 aromatic carbocycles. The van der Waals surface area contributed by atoms with Crippen LogP contribution in [0, 0.1) is 11.3 Å². The lowest BCUT2D eigenvalue weighted by molar-refractivity contribution is 0.561. The fourth-order valence-corrected chi connectivity index (χ4v) is 2.48. The molecule has 0 aromatic heterocycles. The first-order valence-electron chi connectivity index (χ1n) is 7.75. The van der Waals surface area contributed by atoms with Crippen molar-refractivity contribution in [1.82, 2.24) is 0 Å². The Kier molecular flexibility index (Phi) is 7.40. The van der Waals surface area contributed by atoms with Gasteiger partial charge < -0.3 is 9.96 Å². The Hall–Kier alpha value is -0.870. The van der Waals surface area contributed by atoms with E-state index in [1.54, 1.807) is 6.08 Å². The van der Waals surface area contributed by atoms with Gasteiger partial charge >= 0.3 is 0 Å². The summed E-state index contributed by atoms with van der Waals surface area (Å²) in [6.07, 6.45) is 12.6. The minimum atomic E-state index is -1.25. The fraction of sp³-hybridized carbons (Fsp3) is 0.647. The van der Waals surface area contributed by atoms with Crippen molar-refractivity contribution < 1.29 is 4.55 Å². The van der Waals surface area contributed by atoms with Crippen molar-refractivity contribution in [3.8, 4) is 0 Å². The molecule has 0 saturated heterocycles. The van der Waals surface area contributed by atoms with E-state index in [-0.39, 0.29) is 4.75 Å². The molecule has 3 nitrogen and oxygen atoms in total. The SMILES string of the molecule is CC/C=C\C(=C/C=N)C(CCC1CC1)=N[S+]([O-])C(C)(C)C. The molecule has 0 spiro atoms. The Morgan fingerprint density at radius 3 is 2.52 bits per heavy atom. The highest BCUT2D eigenvalue weighted by Gasteiger charge is 2.28. The van der Waals surface area contributed by atoms with Crippen LogP contribution >= 0.6 is 0 Å². The van der Waals surface area contributed by atoms with Gasteiger partial charge in [-0.2, -0.15) is 0 Å². The quantitative estimate of drug-likeness (QED) is 0.397. The van der Waals surface area contributed by atoms with E-state index in [9.17, 15) is 4.55 Å². The van der Waals surface area contributed by atoms with E-state index in [4.69, 9.17) is 5.41 Å². The van der Waals surface area contributed by atoms with Gasteiger partial charge in [-0.3, -0.25) is 0 Å². The first-order chi connectivity index (χ1) is 9.88. The van der Waals surface area contributed by atoms with E-state index < -0.39 is 11.4 Å². The zero-order valence-electron chi connectivity index (χ0n) is 13.7. The van der Waals surface area contributed by atoms with Crippen molar-refractivity contribution in [2.24, 2.45) is 10.3 Å². The Balaban J connectivity index is 2.96. The van der Waals surface area contributed by atoms with Gasteiger partial charge in [0.2, 0.25) is 0 Å². The first-order valence-corrected chi connectivity index (χ1v) is 8.86. The molecule has 1 fully saturated rings. The molecule has 0 aromatic rings. The summed E-state index contributed by atoms with van der Waals surface area (Å²) in [5.41, 5.74) is 1.80. The first kappa shape index (κ1) is 18.2. The van der Waals surface area contributed by atoms with Crippen molar-refractivity contribution in [3.63, 3.8) is 0 Å². The van der Waals surface area contributed by atoms with Crippen molar-refractivity contribution >= 4 is 23.3 Å². The van der Waals surface area contributed by atoms with Gasteiger partial charge in [-0.25, -0.2) is 0 Å². The summed E-state index contributed by atoms with van der Waals surface area (Å²) in [6, 6.07) is 0. The van der Waals surface area contributed by atoms with Gasteiger partial charge in [0.25, 0.3) is 0 Å². The molecule has 1 N–H and O–H groups in total. The second-order valence-electron chi connectivity index (χ2n) is 6.48. The maximum absolute atomic E-state index is 12.3. The third-order valence-corrected chi connectivity index (χ3v) is 4.77. The van der Waals surface area contributed by atoms with E-state index in [1.807, 2.05) is 26.8 Å². The summed E-state index contributed by atoms with van der Waals surface area (Å²) in [6.45, 7) is 7.89. The monoisotopic (exact) mass is 308 g/mol. The number of nitrogens with one attached hydrogen (secondary N) is 1. The molecule has 0 radical (unpaired) electrons. The predicted octanol–water partition coefficient (Wildman–Crippen LogP) is 4.62. The maximum Gasteiger partial charge on any atom is 0.144 e. The van der Waals surface area contributed by atoms with Crippen LogP contribution in [0.15, 0.2) is 28.2 Å². The molecule has 21 heavy (non-hydrogen) atoms. The van der Waals surface area contributed by atoms with E-state index in [0.29, 0.717) is 0 Å². The molecule has 1 rings (SSSR count). The predicted molar refractivity (Wildman–Crippen MR) is 93.6 cm³/mol. The lowest BCUT2D eigenvalue weighted by Crippen LogP contribution is -2.27. The van der Waals surface area contributed by atoms with Crippen molar-refractivity contribution in [2.45, 2.75) is 64.5 Å². The average Bonchev–Trinajstić information content (AvgIpc) is 3.22. The van der Waals surface area contributed by atoms with Crippen LogP contribution < -0.4 is 0 Å². The Morgan fingerprint density at radius 2 is 2.05 bits per heavy atom. The molecule has 1 aliphatic carbocycles. The van der Waals surface area contributed by atoms with Gasteiger partial charge in [0, 0.05) is 11.8 Å². The molecular weight excluding hydrogens is 280 g/mol. The molecule has 118 valence electrons. The second-order valence-corrected chi connectivity index (χ2v) is 8.39. The van der Waals surface area contributed by atoms with E-state index in [0.717, 1.165) is 36.5 Å². The zero-order chi connectivity index (χ0) is 15.9. The van der Waals surface area contributed by atoms with Crippen LogP contribution in [0.25, 0.3) is 0 Å². The van der Waals surface area contributed by atoms with Crippen LogP contribution in [0.4, 0.5) is 0 Å². The topological polar surface area (TPSA) is 59.3 Å². The minimum Gasteiger partial charge on any atom is -0.591 e. The number of hydrogen-bond donors (Lipinski definition) is 1. The molecule has 1 atom stereocenters. The van der Waals surface area contributed by atoms with E-state index in [2.05, 4.69) is 17.4 Å². The molecule has 1 aliphatic rings. The summed E-state index contributed by atoms with van der Waals surface area (Å²) in [5, 5.41) is 7.33. The Morgan fingerprint density at radius 1 is 1.38 bits per heavy atom. The highest BCUT2D eigenvalue weighted by molar-refractivity contribution is 7.91. The van der Waals surface area contributed by atoms with Crippen LogP contribution in [0.5, 0.6) is 0 Å². The van der Waals surface area contributed by atoms with Crippen LogP contribution in [0.3, 0.4) is 0 Å². The molecule has 4 heteroatoms. The molecule has 0 bridgehead atoms. The van der Waals surface area contributed by atoms with Crippen molar-refractivity contribution in [3.05, 3.63) is 23.8 Å². The number of rotatable bonds is 8.